The topological polar surface area (TPSA) is 56.3 Å². The number of carboxylic acid groups (broad SMARTS) is 1. The average Bonchev–Trinajstić information content (AvgIpc) is 2.85. The predicted molar refractivity (Wildman–Crippen MR) is 89.0 cm³/mol. The SMILES string of the molecule is CC12CC(C(=O)O)CCN1CCc1c2[nH]c2ccc(Br)cc12. The first-order valence-electron chi connectivity index (χ1n) is 7.77. The van der Waals surface area contributed by atoms with Crippen molar-refractivity contribution in [2.75, 3.05) is 13.1 Å². The van der Waals surface area contributed by atoms with Crippen molar-refractivity contribution in [3.63, 3.8) is 0 Å². The van der Waals surface area contributed by atoms with Gasteiger partial charge in [0, 0.05) is 27.6 Å². The number of aromatic nitrogens is 1. The van der Waals surface area contributed by atoms with Crippen LogP contribution in [0.25, 0.3) is 10.9 Å². The lowest BCUT2D eigenvalue weighted by Gasteiger charge is -2.49. The summed E-state index contributed by atoms with van der Waals surface area (Å²) in [5.74, 6) is -0.905. The normalized spacial score (nSPS) is 28.4. The fourth-order valence-corrected chi connectivity index (χ4v) is 4.65. The molecular weight excluding hydrogens is 344 g/mol. The number of rotatable bonds is 1. The molecule has 2 atom stereocenters. The summed E-state index contributed by atoms with van der Waals surface area (Å²) >= 11 is 3.55. The van der Waals surface area contributed by atoms with Crippen molar-refractivity contribution in [3.05, 3.63) is 33.9 Å². The molecule has 22 heavy (non-hydrogen) atoms. The number of piperidine rings is 1. The van der Waals surface area contributed by atoms with Gasteiger partial charge in [-0.2, -0.15) is 0 Å². The molecule has 116 valence electrons. The van der Waals surface area contributed by atoms with E-state index in [4.69, 9.17) is 0 Å². The van der Waals surface area contributed by atoms with Crippen LogP contribution in [0.1, 0.15) is 31.0 Å². The van der Waals surface area contributed by atoms with Crippen LogP contribution in [0, 0.1) is 5.92 Å². The van der Waals surface area contributed by atoms with Crippen molar-refractivity contribution >= 4 is 32.8 Å². The lowest BCUT2D eigenvalue weighted by molar-refractivity contribution is -0.146. The molecule has 2 aliphatic heterocycles. The number of aromatic amines is 1. The molecule has 4 rings (SSSR count). The van der Waals surface area contributed by atoms with Gasteiger partial charge in [0.2, 0.25) is 0 Å². The summed E-state index contributed by atoms with van der Waals surface area (Å²) < 4.78 is 1.08. The third-order valence-corrected chi connectivity index (χ3v) is 5.97. The minimum Gasteiger partial charge on any atom is -0.481 e. The summed E-state index contributed by atoms with van der Waals surface area (Å²) in [7, 11) is 0. The van der Waals surface area contributed by atoms with E-state index in [0.717, 1.165) is 35.9 Å². The fraction of sp³-hybridized carbons (Fsp3) is 0.471. The molecule has 4 nitrogen and oxygen atoms in total. The Morgan fingerprint density at radius 2 is 2.27 bits per heavy atom. The number of H-pyrrole nitrogens is 1. The maximum Gasteiger partial charge on any atom is 0.306 e. The third kappa shape index (κ3) is 1.95. The number of nitrogens with one attached hydrogen (secondary N) is 1. The van der Waals surface area contributed by atoms with Crippen molar-refractivity contribution in [3.8, 4) is 0 Å². The number of fused-ring (bicyclic) bond motifs is 5. The maximum atomic E-state index is 11.5. The average molecular weight is 363 g/mol. The second kappa shape index (κ2) is 4.83. The largest absolute Gasteiger partial charge is 0.481 e. The van der Waals surface area contributed by atoms with Gasteiger partial charge in [-0.05, 0) is 56.5 Å². The Hall–Kier alpha value is -1.33. The number of hydrogen-bond acceptors (Lipinski definition) is 2. The number of nitrogens with zero attached hydrogens (tertiary/aromatic N) is 1. The van der Waals surface area contributed by atoms with Gasteiger partial charge in [0.05, 0.1) is 11.5 Å². The molecule has 5 heteroatoms. The zero-order valence-electron chi connectivity index (χ0n) is 12.5. The minimum absolute atomic E-state index is 0.194. The summed E-state index contributed by atoms with van der Waals surface area (Å²) in [6.07, 6.45) is 2.47. The third-order valence-electron chi connectivity index (χ3n) is 5.48. The molecule has 2 unspecified atom stereocenters. The summed E-state index contributed by atoms with van der Waals surface area (Å²) in [6.45, 7) is 4.08. The van der Waals surface area contributed by atoms with E-state index in [2.05, 4.69) is 44.9 Å². The Balaban J connectivity index is 1.86. The number of carbonyl (C=O) groups is 1. The van der Waals surface area contributed by atoms with Crippen LogP contribution in [0.5, 0.6) is 0 Å². The van der Waals surface area contributed by atoms with E-state index in [0.29, 0.717) is 6.42 Å². The van der Waals surface area contributed by atoms with Crippen molar-refractivity contribution in [1.82, 2.24) is 9.88 Å². The Kier molecular flexibility index (Phi) is 3.13. The van der Waals surface area contributed by atoms with Gasteiger partial charge in [0.1, 0.15) is 0 Å². The Labute approximate surface area is 137 Å². The Morgan fingerprint density at radius 3 is 3.05 bits per heavy atom. The second-order valence-electron chi connectivity index (χ2n) is 6.71. The predicted octanol–water partition coefficient (Wildman–Crippen LogP) is 3.50. The summed E-state index contributed by atoms with van der Waals surface area (Å²) in [6, 6.07) is 6.31. The number of benzene rings is 1. The monoisotopic (exact) mass is 362 g/mol. The fourth-order valence-electron chi connectivity index (χ4n) is 4.28. The first kappa shape index (κ1) is 14.3. The van der Waals surface area contributed by atoms with Crippen molar-refractivity contribution < 1.29 is 9.90 Å². The molecule has 2 aromatic rings. The Bertz CT molecular complexity index is 769. The standard InChI is InChI=1S/C17H19BrN2O2/c1-17-9-10(16(21)22)4-6-20(17)7-5-12-13-8-11(18)2-3-14(13)19-15(12)17/h2-3,8,10,19H,4-7,9H2,1H3,(H,21,22). The quantitative estimate of drug-likeness (QED) is 0.816. The molecule has 1 aromatic carbocycles. The van der Waals surface area contributed by atoms with Gasteiger partial charge >= 0.3 is 5.97 Å². The zero-order valence-corrected chi connectivity index (χ0v) is 14.1. The summed E-state index contributed by atoms with van der Waals surface area (Å²) in [5.41, 5.74) is 3.54. The van der Waals surface area contributed by atoms with Crippen LogP contribution in [0.3, 0.4) is 0 Å². The van der Waals surface area contributed by atoms with E-state index >= 15 is 0 Å². The van der Waals surface area contributed by atoms with E-state index in [1.165, 1.54) is 16.6 Å². The van der Waals surface area contributed by atoms with Crippen LogP contribution in [-0.4, -0.2) is 34.0 Å². The molecule has 0 aliphatic carbocycles. The molecule has 2 N–H and O–H groups in total. The highest BCUT2D eigenvalue weighted by Gasteiger charge is 2.46. The lowest BCUT2D eigenvalue weighted by Crippen LogP contribution is -2.54. The van der Waals surface area contributed by atoms with Gasteiger partial charge in [0.15, 0.2) is 0 Å². The van der Waals surface area contributed by atoms with Gasteiger partial charge in [-0.15, -0.1) is 0 Å². The highest BCUT2D eigenvalue weighted by Crippen LogP contribution is 2.45. The van der Waals surface area contributed by atoms with Gasteiger partial charge < -0.3 is 10.1 Å². The van der Waals surface area contributed by atoms with Crippen LogP contribution in [0.2, 0.25) is 0 Å². The molecule has 0 saturated carbocycles. The van der Waals surface area contributed by atoms with Gasteiger partial charge in [0.25, 0.3) is 0 Å². The molecule has 1 aromatic heterocycles. The molecular formula is C17H19BrN2O2. The summed E-state index contributed by atoms with van der Waals surface area (Å²) in [5, 5.41) is 10.7. The van der Waals surface area contributed by atoms with Crippen molar-refractivity contribution in [2.45, 2.75) is 31.7 Å². The highest BCUT2D eigenvalue weighted by molar-refractivity contribution is 9.10. The summed E-state index contributed by atoms with van der Waals surface area (Å²) in [4.78, 5) is 17.5. The molecule has 0 bridgehead atoms. The van der Waals surface area contributed by atoms with Gasteiger partial charge in [-0.3, -0.25) is 9.69 Å². The molecule has 0 radical (unpaired) electrons. The second-order valence-corrected chi connectivity index (χ2v) is 7.62. The number of hydrogen-bond donors (Lipinski definition) is 2. The van der Waals surface area contributed by atoms with Crippen LogP contribution >= 0.6 is 15.9 Å². The molecule has 1 saturated heterocycles. The van der Waals surface area contributed by atoms with Crippen LogP contribution < -0.4 is 0 Å². The van der Waals surface area contributed by atoms with Gasteiger partial charge in [-0.1, -0.05) is 15.9 Å². The number of carboxylic acids is 1. The van der Waals surface area contributed by atoms with Crippen LogP contribution in [0.4, 0.5) is 0 Å². The molecule has 2 aliphatic rings. The maximum absolute atomic E-state index is 11.5. The van der Waals surface area contributed by atoms with E-state index in [-0.39, 0.29) is 11.5 Å². The smallest absolute Gasteiger partial charge is 0.306 e. The van der Waals surface area contributed by atoms with E-state index < -0.39 is 5.97 Å². The van der Waals surface area contributed by atoms with E-state index in [1.807, 2.05) is 6.07 Å². The van der Waals surface area contributed by atoms with Crippen LogP contribution in [-0.2, 0) is 16.8 Å². The number of aliphatic carboxylic acids is 1. The molecule has 0 amide bonds. The zero-order chi connectivity index (χ0) is 15.5. The first-order valence-corrected chi connectivity index (χ1v) is 8.57. The van der Waals surface area contributed by atoms with E-state index in [9.17, 15) is 9.90 Å². The molecule has 1 fully saturated rings. The lowest BCUT2D eigenvalue weighted by atomic mass is 9.75. The van der Waals surface area contributed by atoms with Crippen molar-refractivity contribution in [2.24, 2.45) is 5.92 Å². The highest BCUT2D eigenvalue weighted by atomic mass is 79.9. The van der Waals surface area contributed by atoms with Crippen molar-refractivity contribution in [1.29, 1.82) is 0 Å². The van der Waals surface area contributed by atoms with Gasteiger partial charge in [-0.25, -0.2) is 0 Å². The minimum atomic E-state index is -0.660. The molecule has 0 spiro atoms. The van der Waals surface area contributed by atoms with Crippen LogP contribution in [0.15, 0.2) is 22.7 Å². The van der Waals surface area contributed by atoms with E-state index in [1.54, 1.807) is 0 Å². The molecule has 3 heterocycles. The number of halogens is 1. The Morgan fingerprint density at radius 1 is 1.45 bits per heavy atom. The first-order chi connectivity index (χ1) is 10.5.